The van der Waals surface area contributed by atoms with Gasteiger partial charge < -0.3 is 5.11 Å². The number of hydrogen-bond donors (Lipinski definition) is 2. The van der Waals surface area contributed by atoms with E-state index in [0.29, 0.717) is 10.3 Å². The van der Waals surface area contributed by atoms with Gasteiger partial charge in [-0.05, 0) is 30.4 Å². The lowest BCUT2D eigenvalue weighted by atomic mass is 9.89. The van der Waals surface area contributed by atoms with E-state index < -0.39 is 16.1 Å². The Kier molecular flexibility index (Phi) is 6.94. The van der Waals surface area contributed by atoms with E-state index in [0.717, 1.165) is 24.2 Å². The molecular formula is C13H22ClNO3S2. The summed E-state index contributed by atoms with van der Waals surface area (Å²) in [7, 11) is -3.62. The van der Waals surface area contributed by atoms with Gasteiger partial charge in [0.25, 0.3) is 0 Å². The molecule has 1 aromatic heterocycles. The minimum atomic E-state index is -3.62. The topological polar surface area (TPSA) is 66.4 Å². The van der Waals surface area contributed by atoms with Crippen molar-refractivity contribution >= 4 is 33.0 Å². The molecule has 0 amide bonds. The molecule has 0 saturated heterocycles. The van der Waals surface area contributed by atoms with E-state index in [2.05, 4.69) is 18.6 Å². The lowest BCUT2D eigenvalue weighted by Crippen LogP contribution is -2.42. The Morgan fingerprint density at radius 3 is 2.45 bits per heavy atom. The number of thiophene rings is 1. The predicted molar refractivity (Wildman–Crippen MR) is 83.8 cm³/mol. The quantitative estimate of drug-likeness (QED) is 0.764. The Bertz CT molecular complexity index is 513. The third-order valence-electron chi connectivity index (χ3n) is 3.18. The normalized spacial score (nSPS) is 15.5. The van der Waals surface area contributed by atoms with Gasteiger partial charge in [-0.1, -0.05) is 38.8 Å². The fraction of sp³-hybridized carbons (Fsp3) is 0.692. The van der Waals surface area contributed by atoms with Gasteiger partial charge >= 0.3 is 0 Å². The van der Waals surface area contributed by atoms with Crippen molar-refractivity contribution in [2.45, 2.75) is 43.9 Å². The molecule has 116 valence electrons. The van der Waals surface area contributed by atoms with E-state index in [9.17, 15) is 13.5 Å². The summed E-state index contributed by atoms with van der Waals surface area (Å²) in [4.78, 5) is 0. The smallest absolute Gasteiger partial charge is 0.250 e. The van der Waals surface area contributed by atoms with Crippen molar-refractivity contribution in [3.8, 4) is 0 Å². The van der Waals surface area contributed by atoms with E-state index >= 15 is 0 Å². The maximum absolute atomic E-state index is 12.3. The van der Waals surface area contributed by atoms with Crippen LogP contribution in [0.4, 0.5) is 0 Å². The summed E-state index contributed by atoms with van der Waals surface area (Å²) in [5.74, 6) is 0.569. The largest absolute Gasteiger partial charge is 0.395 e. The van der Waals surface area contributed by atoms with Crippen LogP contribution >= 0.6 is 22.9 Å². The van der Waals surface area contributed by atoms with E-state index in [1.54, 1.807) is 6.07 Å². The molecule has 2 N–H and O–H groups in total. The average Bonchev–Trinajstić information content (AvgIpc) is 2.80. The van der Waals surface area contributed by atoms with Gasteiger partial charge in [-0.25, -0.2) is 13.1 Å². The number of nitrogens with one attached hydrogen (secondary N) is 1. The first-order valence-corrected chi connectivity index (χ1v) is 9.36. The van der Waals surface area contributed by atoms with Crippen LogP contribution in [0.25, 0.3) is 0 Å². The fourth-order valence-electron chi connectivity index (χ4n) is 2.20. The summed E-state index contributed by atoms with van der Waals surface area (Å²) in [6.45, 7) is 5.98. The molecule has 7 heteroatoms. The van der Waals surface area contributed by atoms with Crippen molar-refractivity contribution < 1.29 is 13.5 Å². The number of aliphatic hydroxyl groups excluding tert-OH is 1. The highest BCUT2D eigenvalue weighted by Gasteiger charge is 2.27. The van der Waals surface area contributed by atoms with Crippen LogP contribution in [0.2, 0.25) is 4.34 Å². The summed E-state index contributed by atoms with van der Waals surface area (Å²) >= 11 is 6.79. The zero-order valence-corrected chi connectivity index (χ0v) is 14.4. The zero-order chi connectivity index (χ0) is 15.3. The van der Waals surface area contributed by atoms with Gasteiger partial charge in [0.2, 0.25) is 10.0 Å². The Morgan fingerprint density at radius 1 is 1.40 bits per heavy atom. The van der Waals surface area contributed by atoms with Gasteiger partial charge in [-0.2, -0.15) is 0 Å². The minimum absolute atomic E-state index is 0.116. The van der Waals surface area contributed by atoms with Crippen molar-refractivity contribution in [1.29, 1.82) is 0 Å². The second-order valence-corrected chi connectivity index (χ2v) is 8.92. The third kappa shape index (κ3) is 5.00. The van der Waals surface area contributed by atoms with Gasteiger partial charge in [0.05, 0.1) is 10.9 Å². The van der Waals surface area contributed by atoms with Crippen molar-refractivity contribution in [3.63, 3.8) is 0 Å². The Morgan fingerprint density at radius 2 is 2.05 bits per heavy atom. The van der Waals surface area contributed by atoms with Gasteiger partial charge in [-0.15, -0.1) is 11.3 Å². The van der Waals surface area contributed by atoms with Crippen molar-refractivity contribution in [3.05, 3.63) is 16.5 Å². The van der Waals surface area contributed by atoms with Crippen LogP contribution < -0.4 is 4.72 Å². The monoisotopic (exact) mass is 339 g/mol. The lowest BCUT2D eigenvalue weighted by Gasteiger charge is -2.26. The maximum Gasteiger partial charge on any atom is 0.250 e. The fourth-order valence-corrected chi connectivity index (χ4v) is 5.00. The number of sulfonamides is 1. The first-order valence-electron chi connectivity index (χ1n) is 6.68. The van der Waals surface area contributed by atoms with E-state index in [1.165, 1.54) is 6.07 Å². The summed E-state index contributed by atoms with van der Waals surface area (Å²) in [6, 6.07) is 2.57. The van der Waals surface area contributed by atoms with Crippen LogP contribution in [0.1, 0.15) is 33.6 Å². The first kappa shape index (κ1) is 17.9. The molecule has 0 aliphatic heterocycles. The van der Waals surface area contributed by atoms with Gasteiger partial charge in [0.15, 0.2) is 0 Å². The molecule has 0 aliphatic rings. The molecule has 2 unspecified atom stereocenters. The Balaban J connectivity index is 2.86. The molecule has 1 heterocycles. The van der Waals surface area contributed by atoms with Crippen LogP contribution in [-0.4, -0.2) is 26.2 Å². The number of rotatable bonds is 8. The highest BCUT2D eigenvalue weighted by Crippen LogP contribution is 2.27. The van der Waals surface area contributed by atoms with E-state index in [-0.39, 0.29) is 16.7 Å². The number of hydrogen-bond acceptors (Lipinski definition) is 4. The molecule has 0 saturated carbocycles. The molecule has 0 radical (unpaired) electrons. The van der Waals surface area contributed by atoms with Gasteiger partial charge in [0, 0.05) is 6.04 Å². The molecule has 20 heavy (non-hydrogen) atoms. The first-order chi connectivity index (χ1) is 9.30. The second-order valence-electron chi connectivity index (χ2n) is 5.27. The molecule has 2 atom stereocenters. The number of halogens is 1. The molecule has 0 fully saturated rings. The standard InChI is InChI=1S/C13H22ClNO3S2/c1-4-10(7-9(2)3)11(8-16)15-20(17,18)13-6-5-12(14)19-13/h5-6,9-11,15-16H,4,7-8H2,1-3H3. The Labute approximate surface area is 130 Å². The predicted octanol–water partition coefficient (Wildman–Crippen LogP) is 3.11. The van der Waals surface area contributed by atoms with E-state index in [4.69, 9.17) is 11.6 Å². The van der Waals surface area contributed by atoms with Crippen molar-refractivity contribution in [1.82, 2.24) is 4.72 Å². The van der Waals surface area contributed by atoms with Crippen LogP contribution in [0, 0.1) is 11.8 Å². The molecule has 1 aromatic rings. The molecule has 0 aromatic carbocycles. The Hall–Kier alpha value is -0.140. The highest BCUT2D eigenvalue weighted by atomic mass is 35.5. The second kappa shape index (κ2) is 7.75. The van der Waals surface area contributed by atoms with Crippen LogP contribution in [0.5, 0.6) is 0 Å². The van der Waals surface area contributed by atoms with Crippen molar-refractivity contribution in [2.75, 3.05) is 6.61 Å². The zero-order valence-electron chi connectivity index (χ0n) is 12.0. The maximum atomic E-state index is 12.3. The van der Waals surface area contributed by atoms with Crippen LogP contribution in [0.3, 0.4) is 0 Å². The SMILES string of the molecule is CCC(CC(C)C)C(CO)NS(=O)(=O)c1ccc(Cl)s1. The van der Waals surface area contributed by atoms with E-state index in [1.807, 2.05) is 6.92 Å². The third-order valence-corrected chi connectivity index (χ3v) is 6.40. The lowest BCUT2D eigenvalue weighted by molar-refractivity contribution is 0.197. The van der Waals surface area contributed by atoms with Crippen LogP contribution in [0.15, 0.2) is 16.3 Å². The molecule has 4 nitrogen and oxygen atoms in total. The molecule has 0 bridgehead atoms. The summed E-state index contributed by atoms with van der Waals surface area (Å²) in [6.07, 6.45) is 1.69. The summed E-state index contributed by atoms with van der Waals surface area (Å²) in [5.41, 5.74) is 0. The number of aliphatic hydroxyl groups is 1. The highest BCUT2D eigenvalue weighted by molar-refractivity contribution is 7.91. The van der Waals surface area contributed by atoms with Crippen molar-refractivity contribution in [2.24, 2.45) is 11.8 Å². The molecular weight excluding hydrogens is 318 g/mol. The summed E-state index contributed by atoms with van der Waals surface area (Å²) in [5, 5.41) is 9.51. The molecule has 0 spiro atoms. The molecule has 1 rings (SSSR count). The minimum Gasteiger partial charge on any atom is -0.395 e. The van der Waals surface area contributed by atoms with Gasteiger partial charge in [0.1, 0.15) is 4.21 Å². The molecule has 0 aliphatic carbocycles. The summed E-state index contributed by atoms with van der Waals surface area (Å²) < 4.78 is 27.7. The van der Waals surface area contributed by atoms with Gasteiger partial charge in [-0.3, -0.25) is 0 Å². The van der Waals surface area contributed by atoms with Crippen LogP contribution in [-0.2, 0) is 10.0 Å². The average molecular weight is 340 g/mol.